The Morgan fingerprint density at radius 2 is 2.17 bits per heavy atom. The quantitative estimate of drug-likeness (QED) is 0.845. The highest BCUT2D eigenvalue weighted by atomic mass is 35.5. The average Bonchev–Trinajstić information content (AvgIpc) is 3.07. The molecule has 1 N–H and O–H groups in total. The van der Waals surface area contributed by atoms with E-state index in [4.69, 9.17) is 16.7 Å². The van der Waals surface area contributed by atoms with Crippen LogP contribution in [0, 0.1) is 6.92 Å². The lowest BCUT2D eigenvalue weighted by atomic mass is 10.2. The molecule has 1 fully saturated rings. The number of carboxylic acids is 1. The minimum atomic E-state index is -1.01. The van der Waals surface area contributed by atoms with E-state index in [1.165, 1.54) is 11.0 Å². The van der Waals surface area contributed by atoms with Gasteiger partial charge in [-0.1, -0.05) is 11.6 Å². The Kier molecular flexibility index (Phi) is 3.52. The first-order valence-corrected chi connectivity index (χ1v) is 6.02. The molecule has 0 saturated heterocycles. The molecule has 0 aromatic carbocycles. The molecule has 0 unspecified atom stereocenters. The van der Waals surface area contributed by atoms with E-state index in [1.54, 1.807) is 13.0 Å². The Balaban J connectivity index is 2.24. The lowest BCUT2D eigenvalue weighted by molar-refractivity contribution is -0.137. The zero-order valence-corrected chi connectivity index (χ0v) is 10.6. The summed E-state index contributed by atoms with van der Waals surface area (Å²) in [5.74, 6) is -1.31. The van der Waals surface area contributed by atoms with E-state index in [2.05, 4.69) is 4.98 Å². The highest BCUT2D eigenvalue weighted by molar-refractivity contribution is 6.29. The van der Waals surface area contributed by atoms with Crippen LogP contribution in [0.1, 0.15) is 28.9 Å². The maximum Gasteiger partial charge on any atom is 0.323 e. The molecule has 1 aliphatic rings. The van der Waals surface area contributed by atoms with Gasteiger partial charge in [0.2, 0.25) is 0 Å². The molecule has 6 heteroatoms. The SMILES string of the molecule is Cc1cc(C(=O)N(CC(=O)O)C2CC2)cc(Cl)n1. The number of carbonyl (C=O) groups excluding carboxylic acids is 1. The van der Waals surface area contributed by atoms with Gasteiger partial charge in [0.15, 0.2) is 0 Å². The number of carboxylic acid groups (broad SMARTS) is 1. The summed E-state index contributed by atoms with van der Waals surface area (Å²) in [6.45, 7) is 1.46. The van der Waals surface area contributed by atoms with Gasteiger partial charge in [0, 0.05) is 17.3 Å². The Bertz CT molecular complexity index is 480. The van der Waals surface area contributed by atoms with Crippen molar-refractivity contribution in [3.8, 4) is 0 Å². The normalized spacial score (nSPS) is 14.3. The molecule has 1 saturated carbocycles. The van der Waals surface area contributed by atoms with Gasteiger partial charge in [-0.2, -0.15) is 0 Å². The van der Waals surface area contributed by atoms with Crippen molar-refractivity contribution in [2.75, 3.05) is 6.54 Å². The predicted molar refractivity (Wildman–Crippen MR) is 65.7 cm³/mol. The number of halogens is 1. The van der Waals surface area contributed by atoms with E-state index in [-0.39, 0.29) is 23.6 Å². The molecule has 0 spiro atoms. The van der Waals surface area contributed by atoms with Gasteiger partial charge in [-0.15, -0.1) is 0 Å². The first kappa shape index (κ1) is 12.8. The topological polar surface area (TPSA) is 70.5 Å². The van der Waals surface area contributed by atoms with Crippen LogP contribution in [0.5, 0.6) is 0 Å². The van der Waals surface area contributed by atoms with Gasteiger partial charge < -0.3 is 10.0 Å². The molecule has 0 aliphatic heterocycles. The van der Waals surface area contributed by atoms with Crippen LogP contribution in [0.2, 0.25) is 5.15 Å². The average molecular weight is 269 g/mol. The fourth-order valence-electron chi connectivity index (χ4n) is 1.82. The van der Waals surface area contributed by atoms with E-state index in [9.17, 15) is 9.59 Å². The largest absolute Gasteiger partial charge is 0.480 e. The van der Waals surface area contributed by atoms with E-state index < -0.39 is 5.97 Å². The Morgan fingerprint density at radius 1 is 1.50 bits per heavy atom. The monoisotopic (exact) mass is 268 g/mol. The van der Waals surface area contributed by atoms with Crippen LogP contribution in [0.25, 0.3) is 0 Å². The number of nitrogens with zero attached hydrogens (tertiary/aromatic N) is 2. The maximum atomic E-state index is 12.2. The van der Waals surface area contributed by atoms with Crippen molar-refractivity contribution in [1.29, 1.82) is 0 Å². The van der Waals surface area contributed by atoms with Crippen LogP contribution in [-0.4, -0.2) is 39.5 Å². The van der Waals surface area contributed by atoms with Gasteiger partial charge in [-0.05, 0) is 31.9 Å². The highest BCUT2D eigenvalue weighted by Gasteiger charge is 2.34. The molecule has 96 valence electrons. The lowest BCUT2D eigenvalue weighted by Gasteiger charge is -2.20. The number of aliphatic carboxylic acids is 1. The van der Waals surface area contributed by atoms with Gasteiger partial charge in [-0.3, -0.25) is 9.59 Å². The molecule has 1 aliphatic carbocycles. The van der Waals surface area contributed by atoms with E-state index in [0.717, 1.165) is 12.8 Å². The molecule has 0 bridgehead atoms. The molecule has 1 heterocycles. The first-order valence-electron chi connectivity index (χ1n) is 5.64. The van der Waals surface area contributed by atoms with Crippen molar-refractivity contribution in [1.82, 2.24) is 9.88 Å². The van der Waals surface area contributed by atoms with E-state index >= 15 is 0 Å². The zero-order chi connectivity index (χ0) is 13.3. The van der Waals surface area contributed by atoms with Crippen molar-refractivity contribution in [3.05, 3.63) is 28.5 Å². The number of amides is 1. The predicted octanol–water partition coefficient (Wildman–Crippen LogP) is 1.73. The zero-order valence-electron chi connectivity index (χ0n) is 9.89. The van der Waals surface area contributed by atoms with Gasteiger partial charge >= 0.3 is 5.97 Å². The molecular weight excluding hydrogens is 256 g/mol. The first-order chi connectivity index (χ1) is 8.47. The number of hydrogen-bond donors (Lipinski definition) is 1. The molecule has 1 aromatic heterocycles. The highest BCUT2D eigenvalue weighted by Crippen LogP contribution is 2.28. The second-order valence-electron chi connectivity index (χ2n) is 4.38. The van der Waals surface area contributed by atoms with Crippen LogP contribution >= 0.6 is 11.6 Å². The third-order valence-electron chi connectivity index (χ3n) is 2.72. The fourth-order valence-corrected chi connectivity index (χ4v) is 2.07. The molecule has 0 atom stereocenters. The number of aromatic nitrogens is 1. The van der Waals surface area contributed by atoms with Gasteiger partial charge in [0.1, 0.15) is 11.7 Å². The van der Waals surface area contributed by atoms with Crippen LogP contribution in [0.3, 0.4) is 0 Å². The maximum absolute atomic E-state index is 12.2. The third-order valence-corrected chi connectivity index (χ3v) is 2.92. The lowest BCUT2D eigenvalue weighted by Crippen LogP contribution is -2.37. The number of aryl methyl sites for hydroxylation is 1. The summed E-state index contributed by atoms with van der Waals surface area (Å²) in [7, 11) is 0. The summed E-state index contributed by atoms with van der Waals surface area (Å²) >= 11 is 5.80. The molecular formula is C12H13ClN2O3. The van der Waals surface area contributed by atoms with Crippen molar-refractivity contribution < 1.29 is 14.7 Å². The second kappa shape index (κ2) is 4.94. The van der Waals surface area contributed by atoms with Crippen molar-refractivity contribution in [2.24, 2.45) is 0 Å². The Hall–Kier alpha value is -1.62. The standard InChI is InChI=1S/C12H13ClN2O3/c1-7-4-8(5-10(13)14-7)12(18)15(6-11(16)17)9-2-3-9/h4-5,9H,2-3,6H2,1H3,(H,16,17). The van der Waals surface area contributed by atoms with Crippen LogP contribution in [0.4, 0.5) is 0 Å². The Labute approximate surface area is 109 Å². The summed E-state index contributed by atoms with van der Waals surface area (Å²) in [5.41, 5.74) is 1.03. The van der Waals surface area contributed by atoms with Crippen molar-refractivity contribution >= 4 is 23.5 Å². The fraction of sp³-hybridized carbons (Fsp3) is 0.417. The molecule has 1 aromatic rings. The number of hydrogen-bond acceptors (Lipinski definition) is 3. The number of rotatable bonds is 4. The number of carbonyl (C=O) groups is 2. The summed E-state index contributed by atoms with van der Waals surface area (Å²) in [4.78, 5) is 28.4. The molecule has 5 nitrogen and oxygen atoms in total. The molecule has 1 amide bonds. The Morgan fingerprint density at radius 3 is 2.67 bits per heavy atom. The van der Waals surface area contributed by atoms with Gasteiger partial charge in [0.05, 0.1) is 0 Å². The van der Waals surface area contributed by atoms with E-state index in [0.29, 0.717) is 11.3 Å². The summed E-state index contributed by atoms with van der Waals surface area (Å²) in [5, 5.41) is 9.07. The molecule has 2 rings (SSSR count). The van der Waals surface area contributed by atoms with Gasteiger partial charge in [-0.25, -0.2) is 4.98 Å². The second-order valence-corrected chi connectivity index (χ2v) is 4.77. The van der Waals surface area contributed by atoms with Crippen LogP contribution in [0.15, 0.2) is 12.1 Å². The minimum absolute atomic E-state index is 0.0425. The van der Waals surface area contributed by atoms with Crippen molar-refractivity contribution in [2.45, 2.75) is 25.8 Å². The van der Waals surface area contributed by atoms with E-state index in [1.807, 2.05) is 0 Å². The summed E-state index contributed by atoms with van der Waals surface area (Å²) < 4.78 is 0. The minimum Gasteiger partial charge on any atom is -0.480 e. The van der Waals surface area contributed by atoms with Crippen LogP contribution in [-0.2, 0) is 4.79 Å². The summed E-state index contributed by atoms with van der Waals surface area (Å²) in [6.07, 6.45) is 1.72. The smallest absolute Gasteiger partial charge is 0.323 e. The summed E-state index contributed by atoms with van der Waals surface area (Å²) in [6, 6.07) is 3.13. The molecule has 18 heavy (non-hydrogen) atoms. The van der Waals surface area contributed by atoms with Crippen LogP contribution < -0.4 is 0 Å². The number of pyridine rings is 1. The van der Waals surface area contributed by atoms with Gasteiger partial charge in [0.25, 0.3) is 5.91 Å². The van der Waals surface area contributed by atoms with Crippen molar-refractivity contribution in [3.63, 3.8) is 0 Å². The third kappa shape index (κ3) is 2.98. The molecule has 0 radical (unpaired) electrons.